The number of nitrogens with one attached hydrogen (secondary N) is 1. The third-order valence-electron chi connectivity index (χ3n) is 6.33. The topological polar surface area (TPSA) is 105 Å². The van der Waals surface area contributed by atoms with Crippen LogP contribution in [0.4, 0.5) is 0 Å². The van der Waals surface area contributed by atoms with Crippen molar-refractivity contribution in [2.45, 2.75) is 44.6 Å². The van der Waals surface area contributed by atoms with Crippen molar-refractivity contribution >= 4 is 17.8 Å². The molecule has 8 nitrogen and oxygen atoms in total. The second-order valence-electron chi connectivity index (χ2n) is 8.87. The highest BCUT2D eigenvalue weighted by Gasteiger charge is 2.35. The van der Waals surface area contributed by atoms with Crippen LogP contribution in [0.1, 0.15) is 37.7 Å². The van der Waals surface area contributed by atoms with Gasteiger partial charge >= 0.3 is 5.97 Å². The highest BCUT2D eigenvalue weighted by molar-refractivity contribution is 5.86. The number of hydrogen-bond donors (Lipinski definition) is 2. The third-order valence-corrected chi connectivity index (χ3v) is 6.33. The zero-order valence-electron chi connectivity index (χ0n) is 19.7. The Labute approximate surface area is 201 Å². The Kier molecular flexibility index (Phi) is 10.6. The van der Waals surface area contributed by atoms with Crippen molar-refractivity contribution in [1.29, 1.82) is 0 Å². The average Bonchev–Trinajstić information content (AvgIpc) is 3.31. The predicted octanol–water partition coefficient (Wildman–Crippen LogP) is 1.86. The van der Waals surface area contributed by atoms with Crippen molar-refractivity contribution in [1.82, 2.24) is 10.2 Å². The molecule has 186 valence electrons. The molecule has 8 heteroatoms. The van der Waals surface area contributed by atoms with E-state index < -0.39 is 5.92 Å². The van der Waals surface area contributed by atoms with Gasteiger partial charge in [0.05, 0.1) is 37.7 Å². The molecular formula is C26H36N2O6. The lowest BCUT2D eigenvalue weighted by molar-refractivity contribution is -0.152. The molecule has 2 aliphatic heterocycles. The summed E-state index contributed by atoms with van der Waals surface area (Å²) in [5.74, 6) is -1.23. The van der Waals surface area contributed by atoms with E-state index in [4.69, 9.17) is 14.6 Å². The van der Waals surface area contributed by atoms with Crippen LogP contribution in [0.25, 0.3) is 0 Å². The number of nitrogens with zero attached hydrogens (tertiary/aromatic N) is 1. The normalized spacial score (nSPS) is 23.6. The fourth-order valence-corrected chi connectivity index (χ4v) is 4.51. The monoisotopic (exact) mass is 472 g/mol. The molecule has 1 aromatic carbocycles. The molecule has 1 fully saturated rings. The van der Waals surface area contributed by atoms with E-state index in [1.165, 1.54) is 0 Å². The van der Waals surface area contributed by atoms with Gasteiger partial charge < -0.3 is 24.8 Å². The minimum absolute atomic E-state index is 0.0590. The predicted molar refractivity (Wildman–Crippen MR) is 127 cm³/mol. The molecule has 2 amide bonds. The van der Waals surface area contributed by atoms with Gasteiger partial charge in [-0.25, -0.2) is 0 Å². The van der Waals surface area contributed by atoms with E-state index in [1.54, 1.807) is 4.90 Å². The standard InChI is InChI=1S/C26H36N2O6/c29-14-16-33-15-12-27-24(30)18-21-9-4-5-10-22(17-20-7-2-1-3-8-20)26(32)34-19-23-11-6-13-28(23)25(21)31/h1-5,7-8,21-23,29H,6,9-19H2,(H,27,30). The molecular weight excluding hydrogens is 436 g/mol. The first-order valence-electron chi connectivity index (χ1n) is 12.2. The lowest BCUT2D eigenvalue weighted by Gasteiger charge is -2.29. The molecule has 0 spiro atoms. The summed E-state index contributed by atoms with van der Waals surface area (Å²) in [6, 6.07) is 9.74. The first kappa shape index (κ1) is 25.9. The Hall–Kier alpha value is -2.71. The van der Waals surface area contributed by atoms with Crippen molar-refractivity contribution in [3.63, 3.8) is 0 Å². The number of esters is 1. The lowest BCUT2D eigenvalue weighted by atomic mass is 9.94. The van der Waals surface area contributed by atoms with Crippen LogP contribution in [0.5, 0.6) is 0 Å². The molecule has 0 aromatic heterocycles. The minimum Gasteiger partial charge on any atom is -0.463 e. The van der Waals surface area contributed by atoms with Crippen molar-refractivity contribution in [3.8, 4) is 0 Å². The van der Waals surface area contributed by atoms with Crippen molar-refractivity contribution < 1.29 is 29.0 Å². The number of ether oxygens (including phenoxy) is 2. The fourth-order valence-electron chi connectivity index (χ4n) is 4.51. The summed E-state index contributed by atoms with van der Waals surface area (Å²) in [5, 5.41) is 11.5. The van der Waals surface area contributed by atoms with Crippen LogP contribution in [-0.2, 0) is 30.3 Å². The average molecular weight is 473 g/mol. The van der Waals surface area contributed by atoms with Gasteiger partial charge in [-0.3, -0.25) is 14.4 Å². The fraction of sp³-hybridized carbons (Fsp3) is 0.577. The van der Waals surface area contributed by atoms with Crippen LogP contribution in [0.2, 0.25) is 0 Å². The number of rotatable bonds is 9. The van der Waals surface area contributed by atoms with Crippen LogP contribution in [0.3, 0.4) is 0 Å². The van der Waals surface area contributed by atoms with Gasteiger partial charge in [-0.1, -0.05) is 42.5 Å². The van der Waals surface area contributed by atoms with Crippen LogP contribution in [0.15, 0.2) is 42.5 Å². The molecule has 2 aliphatic rings. The zero-order valence-corrected chi connectivity index (χ0v) is 19.7. The maximum absolute atomic E-state index is 13.3. The van der Waals surface area contributed by atoms with E-state index in [2.05, 4.69) is 5.32 Å². The molecule has 0 radical (unpaired) electrons. The molecule has 0 bridgehead atoms. The van der Waals surface area contributed by atoms with Crippen molar-refractivity contribution in [2.75, 3.05) is 39.5 Å². The Morgan fingerprint density at radius 2 is 1.88 bits per heavy atom. The second-order valence-corrected chi connectivity index (χ2v) is 8.87. The van der Waals surface area contributed by atoms with E-state index in [0.717, 1.165) is 18.4 Å². The first-order valence-corrected chi connectivity index (χ1v) is 12.2. The van der Waals surface area contributed by atoms with Gasteiger partial charge in [0.2, 0.25) is 11.8 Å². The highest BCUT2D eigenvalue weighted by atomic mass is 16.5. The van der Waals surface area contributed by atoms with Gasteiger partial charge in [0.25, 0.3) is 0 Å². The Bertz CT molecular complexity index is 828. The summed E-state index contributed by atoms with van der Waals surface area (Å²) < 4.78 is 10.8. The molecule has 0 aliphatic carbocycles. The van der Waals surface area contributed by atoms with Crippen molar-refractivity contribution in [3.05, 3.63) is 48.0 Å². The number of benzene rings is 1. The number of cyclic esters (lactones) is 1. The summed E-state index contributed by atoms with van der Waals surface area (Å²) in [6.07, 6.45) is 7.16. The third kappa shape index (κ3) is 7.95. The lowest BCUT2D eigenvalue weighted by Crippen LogP contribution is -2.44. The first-order chi connectivity index (χ1) is 16.6. The van der Waals surface area contributed by atoms with Gasteiger partial charge in [0.1, 0.15) is 6.61 Å². The van der Waals surface area contributed by atoms with Gasteiger partial charge in [-0.2, -0.15) is 0 Å². The van der Waals surface area contributed by atoms with Gasteiger partial charge in [0.15, 0.2) is 0 Å². The largest absolute Gasteiger partial charge is 0.463 e. The van der Waals surface area contributed by atoms with E-state index in [-0.39, 0.29) is 56.0 Å². The molecule has 3 unspecified atom stereocenters. The number of fused-ring (bicyclic) bond motifs is 1. The highest BCUT2D eigenvalue weighted by Crippen LogP contribution is 2.25. The molecule has 34 heavy (non-hydrogen) atoms. The molecule has 2 N–H and O–H groups in total. The Morgan fingerprint density at radius 3 is 2.65 bits per heavy atom. The van der Waals surface area contributed by atoms with Gasteiger partial charge in [-0.15, -0.1) is 0 Å². The number of carbonyl (C=O) groups excluding carboxylic acids is 3. The molecule has 1 saturated heterocycles. The van der Waals surface area contributed by atoms with Gasteiger partial charge in [0, 0.05) is 19.5 Å². The van der Waals surface area contributed by atoms with Crippen LogP contribution in [0, 0.1) is 11.8 Å². The van der Waals surface area contributed by atoms with Crippen LogP contribution in [-0.4, -0.2) is 73.3 Å². The summed E-state index contributed by atoms with van der Waals surface area (Å²) in [5.41, 5.74) is 1.08. The number of amides is 2. The zero-order chi connectivity index (χ0) is 24.2. The Balaban J connectivity index is 1.66. The molecule has 3 rings (SSSR count). The minimum atomic E-state index is -0.460. The number of aliphatic hydroxyl groups is 1. The smallest absolute Gasteiger partial charge is 0.309 e. The number of allylic oxidation sites excluding steroid dienone is 2. The Morgan fingerprint density at radius 1 is 1.12 bits per heavy atom. The SMILES string of the molecule is O=C(CC1CC=CCC(Cc2ccccc2)C(=O)OCC2CCCN2C1=O)NCCOCCO. The summed E-state index contributed by atoms with van der Waals surface area (Å²) in [7, 11) is 0. The summed E-state index contributed by atoms with van der Waals surface area (Å²) in [6.45, 7) is 1.63. The van der Waals surface area contributed by atoms with Crippen LogP contribution >= 0.6 is 0 Å². The summed E-state index contributed by atoms with van der Waals surface area (Å²) >= 11 is 0. The molecule has 1 aromatic rings. The summed E-state index contributed by atoms with van der Waals surface area (Å²) in [4.78, 5) is 40.4. The second kappa shape index (κ2) is 13.9. The molecule has 0 saturated carbocycles. The van der Waals surface area contributed by atoms with Crippen LogP contribution < -0.4 is 5.32 Å². The quantitative estimate of drug-likeness (QED) is 0.323. The maximum Gasteiger partial charge on any atom is 0.309 e. The van der Waals surface area contributed by atoms with E-state index in [0.29, 0.717) is 39.0 Å². The number of carbonyl (C=O) groups is 3. The van der Waals surface area contributed by atoms with Gasteiger partial charge in [-0.05, 0) is 37.7 Å². The number of aliphatic hydroxyl groups excluding tert-OH is 1. The number of hydrogen-bond acceptors (Lipinski definition) is 6. The van der Waals surface area contributed by atoms with E-state index in [1.807, 2.05) is 42.5 Å². The molecule has 2 heterocycles. The molecule has 3 atom stereocenters. The van der Waals surface area contributed by atoms with E-state index >= 15 is 0 Å². The van der Waals surface area contributed by atoms with E-state index in [9.17, 15) is 14.4 Å². The van der Waals surface area contributed by atoms with Crippen molar-refractivity contribution in [2.24, 2.45) is 11.8 Å². The maximum atomic E-state index is 13.3.